The van der Waals surface area contributed by atoms with Crippen molar-refractivity contribution in [3.8, 4) is 0 Å². The number of hydrogen-bond donors (Lipinski definition) is 1. The molecule has 7 nitrogen and oxygen atoms in total. The van der Waals surface area contributed by atoms with E-state index in [0.717, 1.165) is 15.6 Å². The van der Waals surface area contributed by atoms with Gasteiger partial charge in [-0.25, -0.2) is 12.7 Å². The van der Waals surface area contributed by atoms with Crippen LogP contribution in [0.1, 0.15) is 21.6 Å². The lowest BCUT2D eigenvalue weighted by Gasteiger charge is -2.18. The van der Waals surface area contributed by atoms with Gasteiger partial charge in [0, 0.05) is 45.0 Å². The number of hydrogen-bond acceptors (Lipinski definition) is 5. The highest BCUT2D eigenvalue weighted by atomic mass is 32.2. The fourth-order valence-electron chi connectivity index (χ4n) is 2.55. The second-order valence-electron chi connectivity index (χ2n) is 6.22. The molecule has 0 radical (unpaired) electrons. The zero-order valence-corrected chi connectivity index (χ0v) is 14.7. The van der Waals surface area contributed by atoms with Crippen molar-refractivity contribution in [3.05, 3.63) is 29.1 Å². The zero-order chi connectivity index (χ0) is 17.4. The van der Waals surface area contributed by atoms with E-state index in [-0.39, 0.29) is 24.7 Å². The number of aromatic nitrogens is 1. The molecule has 1 fully saturated rings. The largest absolute Gasteiger partial charge is 0.391 e. The highest BCUT2D eigenvalue weighted by Gasteiger charge is 2.37. The van der Waals surface area contributed by atoms with E-state index in [1.807, 2.05) is 13.8 Å². The molecule has 1 saturated heterocycles. The molecule has 1 aromatic heterocycles. The number of carbonyl (C=O) groups excluding carboxylic acids is 1. The molecule has 0 unspecified atom stereocenters. The molecule has 2 rings (SSSR count). The molecule has 1 aliphatic heterocycles. The molecule has 1 aromatic rings. The molecule has 1 amide bonds. The van der Waals surface area contributed by atoms with E-state index in [0.29, 0.717) is 5.56 Å². The van der Waals surface area contributed by atoms with Gasteiger partial charge in [-0.3, -0.25) is 9.78 Å². The first-order chi connectivity index (χ1) is 10.6. The van der Waals surface area contributed by atoms with Gasteiger partial charge in [-0.15, -0.1) is 0 Å². The summed E-state index contributed by atoms with van der Waals surface area (Å²) >= 11 is 0. The molecule has 2 heterocycles. The Kier molecular flexibility index (Phi) is 5.07. The fourth-order valence-corrected chi connectivity index (χ4v) is 3.71. The molecule has 1 N–H and O–H groups in total. The number of aliphatic hydroxyl groups is 1. The zero-order valence-electron chi connectivity index (χ0n) is 13.9. The molecule has 0 aromatic carbocycles. The molecular weight excluding hydrogens is 318 g/mol. The summed E-state index contributed by atoms with van der Waals surface area (Å²) in [7, 11) is -0.500. The monoisotopic (exact) mass is 341 g/mol. The van der Waals surface area contributed by atoms with Crippen LogP contribution in [0.4, 0.5) is 0 Å². The summed E-state index contributed by atoms with van der Waals surface area (Å²) in [5, 5.41) is 10.1. The Balaban J connectivity index is 2.11. The second kappa shape index (κ2) is 6.54. The number of sulfonamides is 1. The number of amides is 1. The predicted octanol–water partition coefficient (Wildman–Crippen LogP) is 0.0227. The Hall–Kier alpha value is -1.51. The van der Waals surface area contributed by atoms with Crippen LogP contribution in [0, 0.1) is 19.8 Å². The maximum Gasteiger partial charge on any atom is 0.255 e. The van der Waals surface area contributed by atoms with E-state index in [4.69, 9.17) is 0 Å². The van der Waals surface area contributed by atoms with E-state index in [1.54, 1.807) is 6.07 Å². The van der Waals surface area contributed by atoms with Crippen LogP contribution >= 0.6 is 0 Å². The summed E-state index contributed by atoms with van der Waals surface area (Å²) in [6, 6.07) is 1.76. The molecule has 0 aliphatic carbocycles. The standard InChI is InChI=1S/C15H23N3O4S/c1-10-5-12(6-16-11(10)2)15(20)18-7-13(14(19)8-18)9-23(21,22)17(3)4/h5-6,13-14,19H,7-9H2,1-4H3/t13-,14-/m0/s1. The Morgan fingerprint density at radius 3 is 2.61 bits per heavy atom. The van der Waals surface area contributed by atoms with Crippen LogP contribution in [-0.4, -0.2) is 72.7 Å². The molecular formula is C15H23N3O4S. The van der Waals surface area contributed by atoms with Gasteiger partial charge in [0.2, 0.25) is 10.0 Å². The van der Waals surface area contributed by atoms with E-state index in [2.05, 4.69) is 4.98 Å². The Morgan fingerprint density at radius 2 is 2.04 bits per heavy atom. The number of carbonyl (C=O) groups is 1. The van der Waals surface area contributed by atoms with E-state index >= 15 is 0 Å². The minimum Gasteiger partial charge on any atom is -0.391 e. The van der Waals surface area contributed by atoms with Gasteiger partial charge in [0.05, 0.1) is 17.4 Å². The normalized spacial score (nSPS) is 21.9. The number of aryl methyl sites for hydroxylation is 2. The molecule has 128 valence electrons. The van der Waals surface area contributed by atoms with Gasteiger partial charge in [-0.1, -0.05) is 0 Å². The maximum absolute atomic E-state index is 12.5. The van der Waals surface area contributed by atoms with Gasteiger partial charge in [0.25, 0.3) is 5.91 Å². The highest BCUT2D eigenvalue weighted by molar-refractivity contribution is 7.89. The van der Waals surface area contributed by atoms with Crippen LogP contribution in [0.5, 0.6) is 0 Å². The van der Waals surface area contributed by atoms with Crippen molar-refractivity contribution in [2.75, 3.05) is 32.9 Å². The van der Waals surface area contributed by atoms with Gasteiger partial charge in [-0.05, 0) is 25.5 Å². The summed E-state index contributed by atoms with van der Waals surface area (Å²) < 4.78 is 25.1. The predicted molar refractivity (Wildman–Crippen MR) is 86.6 cm³/mol. The number of aliphatic hydroxyl groups excluding tert-OH is 1. The van der Waals surface area contributed by atoms with Crippen LogP contribution in [0.2, 0.25) is 0 Å². The van der Waals surface area contributed by atoms with Crippen LogP contribution in [0.25, 0.3) is 0 Å². The summed E-state index contributed by atoms with van der Waals surface area (Å²) in [5.41, 5.74) is 2.23. The summed E-state index contributed by atoms with van der Waals surface area (Å²) in [6.45, 7) is 4.11. The molecule has 0 spiro atoms. The van der Waals surface area contributed by atoms with Gasteiger partial charge >= 0.3 is 0 Å². The van der Waals surface area contributed by atoms with Crippen molar-refractivity contribution in [2.24, 2.45) is 5.92 Å². The van der Waals surface area contributed by atoms with Crippen molar-refractivity contribution in [2.45, 2.75) is 20.0 Å². The third-order valence-corrected chi connectivity index (χ3v) is 6.22. The maximum atomic E-state index is 12.5. The minimum atomic E-state index is -3.42. The summed E-state index contributed by atoms with van der Waals surface area (Å²) in [4.78, 5) is 18.2. The van der Waals surface area contributed by atoms with Crippen molar-refractivity contribution >= 4 is 15.9 Å². The lowest BCUT2D eigenvalue weighted by atomic mass is 10.1. The first kappa shape index (κ1) is 17.8. The van der Waals surface area contributed by atoms with E-state index in [1.165, 1.54) is 25.2 Å². The molecule has 23 heavy (non-hydrogen) atoms. The second-order valence-corrected chi connectivity index (χ2v) is 8.45. The van der Waals surface area contributed by atoms with Crippen molar-refractivity contribution in [3.63, 3.8) is 0 Å². The molecule has 2 atom stereocenters. The third-order valence-electron chi connectivity index (χ3n) is 4.26. The lowest BCUT2D eigenvalue weighted by Crippen LogP contribution is -2.33. The Labute approximate surface area is 137 Å². The van der Waals surface area contributed by atoms with Crippen LogP contribution in [-0.2, 0) is 10.0 Å². The van der Waals surface area contributed by atoms with Crippen molar-refractivity contribution in [1.29, 1.82) is 0 Å². The minimum absolute atomic E-state index is 0.138. The van der Waals surface area contributed by atoms with Crippen molar-refractivity contribution in [1.82, 2.24) is 14.2 Å². The topological polar surface area (TPSA) is 90.8 Å². The first-order valence-corrected chi connectivity index (χ1v) is 9.03. The first-order valence-electron chi connectivity index (χ1n) is 7.42. The fraction of sp³-hybridized carbons (Fsp3) is 0.600. The third kappa shape index (κ3) is 3.88. The number of rotatable bonds is 4. The number of pyridine rings is 1. The molecule has 8 heteroatoms. The van der Waals surface area contributed by atoms with Crippen LogP contribution < -0.4 is 0 Å². The number of nitrogens with zero attached hydrogens (tertiary/aromatic N) is 3. The van der Waals surface area contributed by atoms with Crippen molar-refractivity contribution < 1.29 is 18.3 Å². The Morgan fingerprint density at radius 1 is 1.39 bits per heavy atom. The van der Waals surface area contributed by atoms with Crippen LogP contribution in [0.3, 0.4) is 0 Å². The highest BCUT2D eigenvalue weighted by Crippen LogP contribution is 2.22. The molecule has 0 bridgehead atoms. The molecule has 1 aliphatic rings. The average Bonchev–Trinajstić information content (AvgIpc) is 2.81. The van der Waals surface area contributed by atoms with Gasteiger partial charge in [0.1, 0.15) is 0 Å². The SMILES string of the molecule is Cc1cc(C(=O)N2C[C@@H](CS(=O)(=O)N(C)C)[C@@H](O)C2)cnc1C. The number of likely N-dealkylation sites (tertiary alicyclic amines) is 1. The summed E-state index contributed by atoms with van der Waals surface area (Å²) in [6.07, 6.45) is 0.675. The summed E-state index contributed by atoms with van der Waals surface area (Å²) in [5.74, 6) is -0.883. The van der Waals surface area contributed by atoms with Gasteiger partial charge in [-0.2, -0.15) is 0 Å². The average molecular weight is 341 g/mol. The van der Waals surface area contributed by atoms with E-state index < -0.39 is 22.0 Å². The Bertz CT molecular complexity index is 703. The van der Waals surface area contributed by atoms with Gasteiger partial charge < -0.3 is 10.0 Å². The van der Waals surface area contributed by atoms with E-state index in [9.17, 15) is 18.3 Å². The molecule has 0 saturated carbocycles. The lowest BCUT2D eigenvalue weighted by molar-refractivity contribution is 0.0764. The quantitative estimate of drug-likeness (QED) is 0.834. The number of β-amino-alcohol motifs (C(OH)–C–C–N with tert-alkyl or cyclic N) is 1. The van der Waals surface area contributed by atoms with Gasteiger partial charge in [0.15, 0.2) is 0 Å². The smallest absolute Gasteiger partial charge is 0.255 e. The van der Waals surface area contributed by atoms with Crippen LogP contribution in [0.15, 0.2) is 12.3 Å².